The van der Waals surface area contributed by atoms with Gasteiger partial charge in [0.2, 0.25) is 10.0 Å². The van der Waals surface area contributed by atoms with E-state index in [0.29, 0.717) is 0 Å². The summed E-state index contributed by atoms with van der Waals surface area (Å²) in [6, 6.07) is 6.61. The molecule has 6 nitrogen and oxygen atoms in total. The number of primary sulfonamides is 1. The zero-order valence-electron chi connectivity index (χ0n) is 13.3. The van der Waals surface area contributed by atoms with Gasteiger partial charge in [0.25, 0.3) is 0 Å². The molecule has 0 radical (unpaired) electrons. The van der Waals surface area contributed by atoms with Crippen molar-refractivity contribution in [3.63, 3.8) is 0 Å². The van der Waals surface area contributed by atoms with Crippen LogP contribution in [0.3, 0.4) is 0 Å². The first kappa shape index (κ1) is 18.4. The van der Waals surface area contributed by atoms with E-state index in [1.54, 1.807) is 19.2 Å². The van der Waals surface area contributed by atoms with Gasteiger partial charge in [-0.1, -0.05) is 31.9 Å². The Labute approximate surface area is 133 Å². The highest BCUT2D eigenvalue weighted by Gasteiger charge is 2.06. The molecule has 0 aliphatic carbocycles. The lowest BCUT2D eigenvalue weighted by molar-refractivity contribution is 0.598. The Morgan fingerprint density at radius 3 is 2.32 bits per heavy atom. The Bertz CT molecular complexity index is 568. The second kappa shape index (κ2) is 9.42. The van der Waals surface area contributed by atoms with E-state index in [0.717, 1.165) is 37.5 Å². The molecule has 0 fully saturated rings. The highest BCUT2D eigenvalue weighted by atomic mass is 32.2. The number of unbranched alkanes of at least 4 members (excludes halogenated alkanes) is 2. The molecule has 22 heavy (non-hydrogen) atoms. The Kier molecular flexibility index (Phi) is 7.90. The lowest BCUT2D eigenvalue weighted by atomic mass is 10.1. The van der Waals surface area contributed by atoms with Gasteiger partial charge in [-0.2, -0.15) is 0 Å². The van der Waals surface area contributed by atoms with Crippen LogP contribution in [-0.2, 0) is 16.4 Å². The molecule has 0 unspecified atom stereocenters. The molecule has 0 heterocycles. The normalized spacial score (nSPS) is 12.2. The Morgan fingerprint density at radius 1 is 1.14 bits per heavy atom. The Hall–Kier alpha value is -1.60. The molecule has 0 atom stereocenters. The minimum Gasteiger partial charge on any atom is -0.356 e. The van der Waals surface area contributed by atoms with E-state index in [-0.39, 0.29) is 4.90 Å². The van der Waals surface area contributed by atoms with Gasteiger partial charge in [-0.05, 0) is 30.5 Å². The summed E-state index contributed by atoms with van der Waals surface area (Å²) in [5.74, 6) is 0.789. The molecule has 4 N–H and O–H groups in total. The van der Waals surface area contributed by atoms with Crippen molar-refractivity contribution < 1.29 is 8.42 Å². The van der Waals surface area contributed by atoms with E-state index < -0.39 is 10.0 Å². The molecule has 1 aromatic rings. The van der Waals surface area contributed by atoms with E-state index in [2.05, 4.69) is 22.5 Å². The van der Waals surface area contributed by atoms with E-state index in [1.807, 2.05) is 0 Å². The summed E-state index contributed by atoms with van der Waals surface area (Å²) in [5, 5.41) is 11.6. The van der Waals surface area contributed by atoms with Crippen LogP contribution in [0.2, 0.25) is 0 Å². The molecule has 124 valence electrons. The third-order valence-corrected chi connectivity index (χ3v) is 4.18. The van der Waals surface area contributed by atoms with Crippen molar-refractivity contribution in [3.05, 3.63) is 29.8 Å². The Balaban J connectivity index is 2.36. The van der Waals surface area contributed by atoms with Gasteiger partial charge in [-0.3, -0.25) is 4.99 Å². The van der Waals surface area contributed by atoms with Gasteiger partial charge >= 0.3 is 0 Å². The maximum absolute atomic E-state index is 11.2. The number of guanidine groups is 1. The molecule has 0 amide bonds. The maximum Gasteiger partial charge on any atom is 0.238 e. The van der Waals surface area contributed by atoms with Gasteiger partial charge in [-0.15, -0.1) is 0 Å². The van der Waals surface area contributed by atoms with Crippen molar-refractivity contribution in [3.8, 4) is 0 Å². The number of sulfonamides is 1. The minimum absolute atomic E-state index is 0.137. The van der Waals surface area contributed by atoms with Crippen LogP contribution in [-0.4, -0.2) is 34.5 Å². The summed E-state index contributed by atoms with van der Waals surface area (Å²) in [7, 11) is -1.87. The van der Waals surface area contributed by atoms with Crippen molar-refractivity contribution in [1.29, 1.82) is 0 Å². The molecule has 1 rings (SSSR count). The third kappa shape index (κ3) is 6.91. The summed E-state index contributed by atoms with van der Waals surface area (Å²) in [5.41, 5.74) is 1.04. The van der Waals surface area contributed by atoms with Crippen LogP contribution in [0, 0.1) is 0 Å². The van der Waals surface area contributed by atoms with E-state index in [1.165, 1.54) is 25.0 Å². The summed E-state index contributed by atoms with van der Waals surface area (Å²) in [4.78, 5) is 4.30. The van der Waals surface area contributed by atoms with Gasteiger partial charge < -0.3 is 10.6 Å². The molecule has 0 aliphatic rings. The van der Waals surface area contributed by atoms with Crippen molar-refractivity contribution in [2.24, 2.45) is 10.1 Å². The largest absolute Gasteiger partial charge is 0.356 e. The first-order chi connectivity index (χ1) is 10.5. The average Bonchev–Trinajstić information content (AvgIpc) is 2.49. The highest BCUT2D eigenvalue weighted by molar-refractivity contribution is 7.89. The van der Waals surface area contributed by atoms with Crippen molar-refractivity contribution in [1.82, 2.24) is 10.6 Å². The predicted octanol–water partition coefficient (Wildman–Crippen LogP) is 1.23. The van der Waals surface area contributed by atoms with Gasteiger partial charge in [0, 0.05) is 20.1 Å². The van der Waals surface area contributed by atoms with Crippen LogP contribution in [0.5, 0.6) is 0 Å². The fraction of sp³-hybridized carbons (Fsp3) is 0.533. The Morgan fingerprint density at radius 2 is 1.77 bits per heavy atom. The average molecular weight is 326 g/mol. The quantitative estimate of drug-likeness (QED) is 0.380. The number of nitrogens with two attached hydrogens (primary N) is 1. The number of benzene rings is 1. The molecule has 0 spiro atoms. The zero-order chi connectivity index (χ0) is 16.4. The summed E-state index contributed by atoms with van der Waals surface area (Å²) in [6.07, 6.45) is 4.31. The van der Waals surface area contributed by atoms with E-state index in [9.17, 15) is 8.42 Å². The molecule has 7 heteroatoms. The number of rotatable bonds is 8. The fourth-order valence-corrected chi connectivity index (χ4v) is 2.49. The number of hydrogen-bond acceptors (Lipinski definition) is 3. The second-order valence-electron chi connectivity index (χ2n) is 5.07. The fourth-order valence-electron chi connectivity index (χ4n) is 1.97. The van der Waals surface area contributed by atoms with Crippen molar-refractivity contribution in [2.75, 3.05) is 20.1 Å². The van der Waals surface area contributed by atoms with Gasteiger partial charge in [0.1, 0.15) is 0 Å². The molecule has 0 saturated carbocycles. The molecule has 0 aliphatic heterocycles. The summed E-state index contributed by atoms with van der Waals surface area (Å²) >= 11 is 0. The van der Waals surface area contributed by atoms with Crippen LogP contribution in [0.25, 0.3) is 0 Å². The molecule has 0 saturated heterocycles. The highest BCUT2D eigenvalue weighted by Crippen LogP contribution is 2.08. The molecule has 1 aromatic carbocycles. The molecule has 0 aromatic heterocycles. The second-order valence-corrected chi connectivity index (χ2v) is 6.63. The zero-order valence-corrected chi connectivity index (χ0v) is 14.1. The standard InChI is InChI=1S/C15H26N4O2S/c1-3-4-5-11-18-15(17-2)19-12-10-13-6-8-14(9-7-13)22(16,20)21/h6-9H,3-5,10-12H2,1-2H3,(H2,16,20,21)(H2,17,18,19). The van der Waals surface area contributed by atoms with Crippen molar-refractivity contribution in [2.45, 2.75) is 37.5 Å². The van der Waals surface area contributed by atoms with Gasteiger partial charge in [-0.25, -0.2) is 13.6 Å². The van der Waals surface area contributed by atoms with Crippen LogP contribution in [0.4, 0.5) is 0 Å². The van der Waals surface area contributed by atoms with E-state index in [4.69, 9.17) is 5.14 Å². The molecular formula is C15H26N4O2S. The predicted molar refractivity (Wildman–Crippen MR) is 90.4 cm³/mol. The third-order valence-electron chi connectivity index (χ3n) is 3.25. The summed E-state index contributed by atoms with van der Waals surface area (Å²) in [6.45, 7) is 3.81. The first-order valence-electron chi connectivity index (χ1n) is 7.53. The summed E-state index contributed by atoms with van der Waals surface area (Å²) < 4.78 is 22.3. The smallest absolute Gasteiger partial charge is 0.238 e. The van der Waals surface area contributed by atoms with Crippen LogP contribution < -0.4 is 15.8 Å². The van der Waals surface area contributed by atoms with Gasteiger partial charge in [0.05, 0.1) is 4.90 Å². The van der Waals surface area contributed by atoms with Crippen LogP contribution >= 0.6 is 0 Å². The maximum atomic E-state index is 11.2. The van der Waals surface area contributed by atoms with Crippen molar-refractivity contribution >= 4 is 16.0 Å². The molecular weight excluding hydrogens is 300 g/mol. The topological polar surface area (TPSA) is 96.6 Å². The minimum atomic E-state index is -3.62. The molecule has 0 bridgehead atoms. The van der Waals surface area contributed by atoms with E-state index >= 15 is 0 Å². The van der Waals surface area contributed by atoms with Gasteiger partial charge in [0.15, 0.2) is 5.96 Å². The first-order valence-corrected chi connectivity index (χ1v) is 9.08. The lowest BCUT2D eigenvalue weighted by Crippen LogP contribution is -2.38. The number of hydrogen-bond donors (Lipinski definition) is 3. The lowest BCUT2D eigenvalue weighted by Gasteiger charge is -2.11. The number of nitrogens with one attached hydrogen (secondary N) is 2. The number of aliphatic imine (C=N–C) groups is 1. The monoisotopic (exact) mass is 326 g/mol. The number of nitrogens with zero attached hydrogens (tertiary/aromatic N) is 1. The van der Waals surface area contributed by atoms with Crippen LogP contribution in [0.15, 0.2) is 34.2 Å². The van der Waals surface area contributed by atoms with Crippen LogP contribution in [0.1, 0.15) is 31.7 Å². The SMILES string of the molecule is CCCCCNC(=NC)NCCc1ccc(S(N)(=O)=O)cc1.